The number of ether oxygens (including phenoxy) is 2. The van der Waals surface area contributed by atoms with Crippen molar-refractivity contribution in [2.45, 2.75) is 59.5 Å². The fourth-order valence-corrected chi connectivity index (χ4v) is 6.93. The summed E-state index contributed by atoms with van der Waals surface area (Å²) in [4.78, 5) is 27.9. The van der Waals surface area contributed by atoms with E-state index in [9.17, 15) is 19.1 Å². The Hall–Kier alpha value is -4.43. The number of rotatable bonds is 10. The predicted octanol–water partition coefficient (Wildman–Crippen LogP) is 7.66. The molecule has 0 aromatic heterocycles. The molecule has 1 aliphatic heterocycles. The Labute approximate surface area is 276 Å². The van der Waals surface area contributed by atoms with Crippen molar-refractivity contribution in [1.29, 1.82) is 0 Å². The predicted molar refractivity (Wildman–Crippen MR) is 184 cm³/mol. The van der Waals surface area contributed by atoms with Gasteiger partial charge >= 0.3 is 5.97 Å². The summed E-state index contributed by atoms with van der Waals surface area (Å²) >= 11 is 0. The van der Waals surface area contributed by atoms with E-state index in [4.69, 9.17) is 9.47 Å². The summed E-state index contributed by atoms with van der Waals surface area (Å²) in [6, 6.07) is 18.7. The van der Waals surface area contributed by atoms with Crippen molar-refractivity contribution in [1.82, 2.24) is 10.2 Å². The van der Waals surface area contributed by atoms with Gasteiger partial charge in [0.05, 0.1) is 25.3 Å². The molecule has 0 saturated carbocycles. The molecule has 0 radical (unpaired) electrons. The summed E-state index contributed by atoms with van der Waals surface area (Å²) in [7, 11) is 3.32. The highest BCUT2D eigenvalue weighted by Crippen LogP contribution is 2.45. The van der Waals surface area contributed by atoms with Crippen LogP contribution < -0.4 is 14.8 Å². The Morgan fingerprint density at radius 3 is 2.26 bits per heavy atom. The van der Waals surface area contributed by atoms with Crippen molar-refractivity contribution in [2.24, 2.45) is 11.3 Å². The maximum atomic E-state index is 14.5. The molecule has 1 saturated heterocycles. The van der Waals surface area contributed by atoms with Crippen LogP contribution in [0.25, 0.3) is 21.9 Å². The van der Waals surface area contributed by atoms with Gasteiger partial charge in [0, 0.05) is 18.5 Å². The molecule has 1 amide bonds. The molecular weight excluding hydrogens is 595 g/mol. The number of aliphatic carboxylic acids is 1. The number of fused-ring (bicyclic) bond motifs is 1. The van der Waals surface area contributed by atoms with E-state index < -0.39 is 23.7 Å². The van der Waals surface area contributed by atoms with Crippen LogP contribution >= 0.6 is 0 Å². The maximum Gasteiger partial charge on any atom is 0.326 e. The molecule has 4 aromatic rings. The van der Waals surface area contributed by atoms with E-state index in [0.717, 1.165) is 58.4 Å². The van der Waals surface area contributed by atoms with E-state index in [1.54, 1.807) is 27.2 Å². The number of amides is 1. The molecule has 5 rings (SSSR count). The molecule has 1 fully saturated rings. The van der Waals surface area contributed by atoms with E-state index in [1.807, 2.05) is 42.5 Å². The first-order valence-electron chi connectivity index (χ1n) is 16.2. The number of benzene rings is 4. The molecule has 0 aliphatic carbocycles. The van der Waals surface area contributed by atoms with Gasteiger partial charge in [0.2, 0.25) is 0 Å². The van der Waals surface area contributed by atoms with Crippen molar-refractivity contribution in [3.8, 4) is 22.6 Å². The maximum absolute atomic E-state index is 14.5. The lowest BCUT2D eigenvalue weighted by molar-refractivity contribution is -0.139. The van der Waals surface area contributed by atoms with Crippen LogP contribution in [0.2, 0.25) is 0 Å². The fourth-order valence-electron chi connectivity index (χ4n) is 6.93. The van der Waals surface area contributed by atoms with E-state index in [1.165, 1.54) is 25.0 Å². The number of carbonyl (C=O) groups excluding carboxylic acids is 1. The van der Waals surface area contributed by atoms with E-state index in [-0.39, 0.29) is 12.0 Å². The molecule has 47 heavy (non-hydrogen) atoms. The number of nitrogens with one attached hydrogen (secondary N) is 1. The van der Waals surface area contributed by atoms with Gasteiger partial charge in [-0.3, -0.25) is 9.69 Å². The monoisotopic (exact) mass is 640 g/mol. The third-order valence-electron chi connectivity index (χ3n) is 9.59. The van der Waals surface area contributed by atoms with Gasteiger partial charge in [0.15, 0.2) is 0 Å². The third-order valence-corrected chi connectivity index (χ3v) is 9.59. The largest absolute Gasteiger partial charge is 0.496 e. The summed E-state index contributed by atoms with van der Waals surface area (Å²) in [6.45, 7) is 11.4. The van der Waals surface area contributed by atoms with Gasteiger partial charge in [0.25, 0.3) is 5.91 Å². The molecule has 4 aromatic carbocycles. The number of likely N-dealkylation sites (tertiary alicyclic amines) is 1. The first kappa shape index (κ1) is 33.9. The van der Waals surface area contributed by atoms with Crippen molar-refractivity contribution in [3.63, 3.8) is 0 Å². The van der Waals surface area contributed by atoms with E-state index >= 15 is 0 Å². The van der Waals surface area contributed by atoms with E-state index in [2.05, 4.69) is 37.1 Å². The lowest BCUT2D eigenvalue weighted by Gasteiger charge is -2.39. The molecule has 248 valence electrons. The Kier molecular flexibility index (Phi) is 10.2. The second-order valence-electron chi connectivity index (χ2n) is 13.6. The van der Waals surface area contributed by atoms with Crippen LogP contribution in [0.5, 0.6) is 11.5 Å². The average molecular weight is 641 g/mol. The molecule has 1 aliphatic rings. The number of piperidine rings is 1. The van der Waals surface area contributed by atoms with Gasteiger partial charge in [-0.05, 0) is 83.8 Å². The number of methoxy groups -OCH3 is 2. The van der Waals surface area contributed by atoms with Gasteiger partial charge in [-0.1, -0.05) is 75.4 Å². The number of carboxylic acid groups (broad SMARTS) is 1. The minimum atomic E-state index is -1.27. The van der Waals surface area contributed by atoms with Gasteiger partial charge in [-0.15, -0.1) is 0 Å². The first-order valence-corrected chi connectivity index (χ1v) is 16.2. The molecule has 7 nitrogen and oxygen atoms in total. The zero-order valence-electron chi connectivity index (χ0n) is 28.2. The topological polar surface area (TPSA) is 88.1 Å². The number of hydrogen-bond donors (Lipinski definition) is 2. The lowest BCUT2D eigenvalue weighted by Crippen LogP contribution is -2.42. The number of aryl methyl sites for hydroxylation is 1. The van der Waals surface area contributed by atoms with Crippen LogP contribution in [0.3, 0.4) is 0 Å². The van der Waals surface area contributed by atoms with Crippen LogP contribution in [0.4, 0.5) is 4.39 Å². The minimum absolute atomic E-state index is 0.00813. The fraction of sp³-hybridized carbons (Fsp3) is 0.385. The van der Waals surface area contributed by atoms with Crippen LogP contribution in [-0.2, 0) is 17.8 Å². The zero-order chi connectivity index (χ0) is 33.9. The highest BCUT2D eigenvalue weighted by atomic mass is 19.1. The first-order chi connectivity index (χ1) is 22.4. The van der Waals surface area contributed by atoms with Crippen molar-refractivity contribution in [3.05, 3.63) is 94.8 Å². The second kappa shape index (κ2) is 14.1. The SMILES string of the molecule is COc1ccc(CN2CCC(C(C)(C)C)CC2)c(OC)c1-c1cccc2c(C[C@H](NC(=O)c3c(C)cccc3F)C(=O)O)cccc12. The average Bonchev–Trinajstić information content (AvgIpc) is 3.03. The quantitative estimate of drug-likeness (QED) is 0.185. The zero-order valence-corrected chi connectivity index (χ0v) is 28.2. The molecule has 0 bridgehead atoms. The summed E-state index contributed by atoms with van der Waals surface area (Å²) in [5.74, 6) is -0.538. The van der Waals surface area contributed by atoms with Gasteiger partial charge in [-0.2, -0.15) is 0 Å². The van der Waals surface area contributed by atoms with Crippen LogP contribution in [0, 0.1) is 24.1 Å². The Morgan fingerprint density at radius 2 is 1.62 bits per heavy atom. The number of hydrogen-bond acceptors (Lipinski definition) is 5. The highest BCUT2D eigenvalue weighted by molar-refractivity contribution is 6.02. The number of nitrogens with zero attached hydrogens (tertiary/aromatic N) is 1. The Bertz CT molecular complexity index is 1750. The molecule has 1 atom stereocenters. The minimum Gasteiger partial charge on any atom is -0.496 e. The number of carboxylic acids is 1. The summed E-state index contributed by atoms with van der Waals surface area (Å²) in [5.41, 5.74) is 4.11. The van der Waals surface area contributed by atoms with Crippen molar-refractivity contribution < 1.29 is 28.6 Å². The van der Waals surface area contributed by atoms with E-state index in [0.29, 0.717) is 22.6 Å². The van der Waals surface area contributed by atoms with Gasteiger partial charge in [-0.25, -0.2) is 9.18 Å². The Balaban J connectivity index is 1.48. The molecule has 0 unspecified atom stereocenters. The second-order valence-corrected chi connectivity index (χ2v) is 13.6. The van der Waals surface area contributed by atoms with Crippen molar-refractivity contribution in [2.75, 3.05) is 27.3 Å². The molecule has 2 N–H and O–H groups in total. The Morgan fingerprint density at radius 1 is 0.936 bits per heavy atom. The summed E-state index contributed by atoms with van der Waals surface area (Å²) in [6.07, 6.45) is 2.34. The third kappa shape index (κ3) is 7.28. The number of halogens is 1. The molecule has 0 spiro atoms. The molecule has 1 heterocycles. The molecular formula is C39H45FN2O5. The van der Waals surface area contributed by atoms with Crippen LogP contribution in [0.1, 0.15) is 60.7 Å². The normalized spacial score (nSPS) is 15.0. The molecule has 8 heteroatoms. The van der Waals surface area contributed by atoms with Gasteiger partial charge < -0.3 is 19.9 Å². The van der Waals surface area contributed by atoms with Crippen molar-refractivity contribution >= 4 is 22.6 Å². The van der Waals surface area contributed by atoms with Gasteiger partial charge in [0.1, 0.15) is 23.4 Å². The standard InChI is InChI=1S/C39H45FN2O5/c1-24-10-7-15-31(40)34(24)37(43)41-32(38(44)45)22-25-11-8-13-29-28(25)12-9-14-30(29)35-33(46-5)17-16-26(36(35)47-6)23-42-20-18-27(19-21-42)39(2,3)4/h7-17,27,32H,18-23H2,1-6H3,(H,41,43)(H,44,45)/t32-/m0/s1. The smallest absolute Gasteiger partial charge is 0.326 e. The van der Waals surface area contributed by atoms with Crippen LogP contribution in [-0.4, -0.2) is 55.2 Å². The highest BCUT2D eigenvalue weighted by Gasteiger charge is 2.30. The number of carbonyl (C=O) groups is 2. The van der Waals surface area contributed by atoms with Crippen LogP contribution in [0.15, 0.2) is 66.7 Å². The summed E-state index contributed by atoms with van der Waals surface area (Å²) in [5, 5.41) is 14.4. The lowest BCUT2D eigenvalue weighted by atomic mass is 9.75. The summed E-state index contributed by atoms with van der Waals surface area (Å²) < 4.78 is 26.5.